The molecule has 10 heteroatoms. The van der Waals surface area contributed by atoms with Crippen LogP contribution in [0.2, 0.25) is 0 Å². The van der Waals surface area contributed by atoms with E-state index in [0.29, 0.717) is 24.6 Å². The third-order valence-electron chi connectivity index (χ3n) is 4.60. The van der Waals surface area contributed by atoms with Gasteiger partial charge < -0.3 is 14.8 Å². The zero-order chi connectivity index (χ0) is 24.0. The highest BCUT2D eigenvalue weighted by atomic mass is 19.4. The number of carbonyl (C=O) groups excluding carboxylic acids is 1. The minimum absolute atomic E-state index is 0.0132. The summed E-state index contributed by atoms with van der Waals surface area (Å²) in [4.78, 5) is 16.2. The molecule has 1 aromatic heterocycles. The van der Waals surface area contributed by atoms with Crippen LogP contribution < -0.4 is 10.1 Å². The van der Waals surface area contributed by atoms with Crippen LogP contribution in [0.5, 0.6) is 6.01 Å². The molecule has 0 radical (unpaired) electrons. The number of amides is 1. The van der Waals surface area contributed by atoms with Gasteiger partial charge in [-0.05, 0) is 43.3 Å². The number of hydrogen-bond acceptors (Lipinski definition) is 5. The van der Waals surface area contributed by atoms with Crippen molar-refractivity contribution >= 4 is 11.6 Å². The van der Waals surface area contributed by atoms with Crippen LogP contribution in [0.3, 0.4) is 0 Å². The molecule has 1 amide bonds. The van der Waals surface area contributed by atoms with E-state index in [4.69, 9.17) is 9.47 Å². The first-order valence-corrected chi connectivity index (χ1v) is 10.5. The lowest BCUT2D eigenvalue weighted by Gasteiger charge is -2.11. The fourth-order valence-corrected chi connectivity index (χ4v) is 2.86. The van der Waals surface area contributed by atoms with Crippen molar-refractivity contribution in [2.75, 3.05) is 25.1 Å². The van der Waals surface area contributed by atoms with Gasteiger partial charge in [0.05, 0.1) is 17.9 Å². The second kappa shape index (κ2) is 10.5. The molecule has 0 aliphatic rings. The number of ether oxygens (including phenoxy) is 2. The van der Waals surface area contributed by atoms with E-state index >= 15 is 0 Å². The molecule has 0 aliphatic carbocycles. The standard InChI is InChI=1S/C23H25F3N4O3/c1-4-32-12-13-33-22-28-20(16-6-5-7-17(14-16)23(24,25)26)30(29-22)19-10-8-18(9-11-19)27-21(31)15(2)3/h5-11,14-15H,4,12-13H2,1-3H3,(H,27,31). The number of nitrogens with zero attached hydrogens (tertiary/aromatic N) is 3. The van der Waals surface area contributed by atoms with Gasteiger partial charge >= 0.3 is 12.2 Å². The average Bonchev–Trinajstić information content (AvgIpc) is 3.21. The van der Waals surface area contributed by atoms with Gasteiger partial charge in [-0.1, -0.05) is 26.0 Å². The fourth-order valence-electron chi connectivity index (χ4n) is 2.86. The van der Waals surface area contributed by atoms with Crippen molar-refractivity contribution in [3.05, 3.63) is 54.1 Å². The van der Waals surface area contributed by atoms with E-state index in [1.54, 1.807) is 38.1 Å². The molecule has 1 N–H and O–H groups in total. The van der Waals surface area contributed by atoms with E-state index in [-0.39, 0.29) is 35.8 Å². The number of hydrogen-bond donors (Lipinski definition) is 1. The van der Waals surface area contributed by atoms with Crippen LogP contribution in [-0.2, 0) is 15.7 Å². The molecule has 7 nitrogen and oxygen atoms in total. The van der Waals surface area contributed by atoms with Gasteiger partial charge in [-0.15, -0.1) is 5.10 Å². The lowest BCUT2D eigenvalue weighted by atomic mass is 10.1. The Balaban J connectivity index is 1.96. The Labute approximate surface area is 189 Å². The third-order valence-corrected chi connectivity index (χ3v) is 4.60. The molecule has 2 aromatic carbocycles. The minimum atomic E-state index is -4.49. The summed E-state index contributed by atoms with van der Waals surface area (Å²) in [5, 5.41) is 7.11. The Morgan fingerprint density at radius 3 is 2.48 bits per heavy atom. The van der Waals surface area contributed by atoms with Crippen LogP contribution in [-0.4, -0.2) is 40.5 Å². The van der Waals surface area contributed by atoms with Crippen molar-refractivity contribution in [2.24, 2.45) is 5.92 Å². The molecule has 0 unspecified atom stereocenters. The SMILES string of the molecule is CCOCCOc1nc(-c2cccc(C(F)(F)F)c2)n(-c2ccc(NC(=O)C(C)C)cc2)n1. The van der Waals surface area contributed by atoms with Crippen LogP contribution in [0.15, 0.2) is 48.5 Å². The average molecular weight is 462 g/mol. The smallest absolute Gasteiger partial charge is 0.416 e. The van der Waals surface area contributed by atoms with E-state index in [1.807, 2.05) is 6.92 Å². The van der Waals surface area contributed by atoms with Crippen molar-refractivity contribution in [1.29, 1.82) is 0 Å². The van der Waals surface area contributed by atoms with E-state index in [1.165, 1.54) is 16.8 Å². The molecule has 0 bridgehead atoms. The zero-order valence-electron chi connectivity index (χ0n) is 18.5. The van der Waals surface area contributed by atoms with Gasteiger partial charge in [-0.25, -0.2) is 4.68 Å². The lowest BCUT2D eigenvalue weighted by Crippen LogP contribution is -2.17. The second-order valence-corrected chi connectivity index (χ2v) is 7.44. The summed E-state index contributed by atoms with van der Waals surface area (Å²) >= 11 is 0. The summed E-state index contributed by atoms with van der Waals surface area (Å²) < 4.78 is 51.9. The van der Waals surface area contributed by atoms with E-state index in [2.05, 4.69) is 15.4 Å². The Morgan fingerprint density at radius 2 is 1.85 bits per heavy atom. The molecule has 1 heterocycles. The van der Waals surface area contributed by atoms with Crippen LogP contribution in [0, 0.1) is 5.92 Å². The molecule has 0 spiro atoms. The predicted molar refractivity (Wildman–Crippen MR) is 117 cm³/mol. The van der Waals surface area contributed by atoms with Crippen molar-refractivity contribution in [3.63, 3.8) is 0 Å². The summed E-state index contributed by atoms with van der Waals surface area (Å²) in [6.07, 6.45) is -4.49. The maximum atomic E-state index is 13.2. The van der Waals surface area contributed by atoms with Gasteiger partial charge in [0.2, 0.25) is 5.91 Å². The Morgan fingerprint density at radius 1 is 1.12 bits per heavy atom. The van der Waals surface area contributed by atoms with E-state index in [0.717, 1.165) is 12.1 Å². The van der Waals surface area contributed by atoms with Crippen LogP contribution in [0.25, 0.3) is 17.1 Å². The molecule has 0 saturated carbocycles. The van der Waals surface area contributed by atoms with Crippen LogP contribution in [0.1, 0.15) is 26.3 Å². The van der Waals surface area contributed by atoms with Crippen molar-refractivity contribution in [2.45, 2.75) is 26.9 Å². The molecule has 33 heavy (non-hydrogen) atoms. The molecular formula is C23H25F3N4O3. The molecule has 0 saturated heterocycles. The first kappa shape index (κ1) is 24.2. The number of rotatable bonds is 9. The van der Waals surface area contributed by atoms with Gasteiger partial charge in [-0.3, -0.25) is 4.79 Å². The number of alkyl halides is 3. The maximum absolute atomic E-state index is 13.2. The Hall–Kier alpha value is -3.40. The highest BCUT2D eigenvalue weighted by Gasteiger charge is 2.31. The number of anilines is 1. The Kier molecular flexibility index (Phi) is 7.70. The van der Waals surface area contributed by atoms with E-state index < -0.39 is 11.7 Å². The highest BCUT2D eigenvalue weighted by Crippen LogP contribution is 2.33. The predicted octanol–water partition coefficient (Wildman–Crippen LogP) is 4.96. The molecule has 0 aliphatic heterocycles. The molecule has 0 atom stereocenters. The summed E-state index contributed by atoms with van der Waals surface area (Å²) in [7, 11) is 0. The van der Waals surface area contributed by atoms with Crippen molar-refractivity contribution in [3.8, 4) is 23.1 Å². The normalized spacial score (nSPS) is 11.6. The fraction of sp³-hybridized carbons (Fsp3) is 0.348. The largest absolute Gasteiger partial charge is 0.460 e. The lowest BCUT2D eigenvalue weighted by molar-refractivity contribution is -0.137. The van der Waals surface area contributed by atoms with Crippen molar-refractivity contribution < 1.29 is 27.4 Å². The minimum Gasteiger partial charge on any atom is -0.460 e. The first-order valence-electron chi connectivity index (χ1n) is 10.5. The number of aromatic nitrogens is 3. The van der Waals surface area contributed by atoms with Gasteiger partial charge in [0.1, 0.15) is 6.61 Å². The number of benzene rings is 2. The summed E-state index contributed by atoms with van der Waals surface area (Å²) in [5.74, 6) is -0.117. The number of halogens is 3. The summed E-state index contributed by atoms with van der Waals surface area (Å²) in [6.45, 7) is 6.47. The highest BCUT2D eigenvalue weighted by molar-refractivity contribution is 5.92. The maximum Gasteiger partial charge on any atom is 0.416 e. The molecule has 3 rings (SSSR count). The van der Waals surface area contributed by atoms with Gasteiger partial charge in [-0.2, -0.15) is 18.2 Å². The third kappa shape index (κ3) is 6.32. The number of nitrogens with one attached hydrogen (secondary N) is 1. The Bertz CT molecular complexity index is 1080. The molecular weight excluding hydrogens is 437 g/mol. The second-order valence-electron chi connectivity index (χ2n) is 7.44. The van der Waals surface area contributed by atoms with Crippen molar-refractivity contribution in [1.82, 2.24) is 14.8 Å². The van der Waals surface area contributed by atoms with Crippen LogP contribution >= 0.6 is 0 Å². The monoisotopic (exact) mass is 462 g/mol. The quantitative estimate of drug-likeness (QED) is 0.455. The van der Waals surface area contributed by atoms with E-state index in [9.17, 15) is 18.0 Å². The van der Waals surface area contributed by atoms with Gasteiger partial charge in [0.15, 0.2) is 5.82 Å². The number of carbonyl (C=O) groups is 1. The zero-order valence-corrected chi connectivity index (χ0v) is 18.5. The molecule has 176 valence electrons. The molecule has 3 aromatic rings. The first-order chi connectivity index (χ1) is 15.7. The molecule has 0 fully saturated rings. The topological polar surface area (TPSA) is 78.3 Å². The van der Waals surface area contributed by atoms with Gasteiger partial charge in [0.25, 0.3) is 0 Å². The van der Waals surface area contributed by atoms with Crippen LogP contribution in [0.4, 0.5) is 18.9 Å². The summed E-state index contributed by atoms with van der Waals surface area (Å²) in [6, 6.07) is 11.6. The summed E-state index contributed by atoms with van der Waals surface area (Å²) in [5.41, 5.74) is 0.567. The van der Waals surface area contributed by atoms with Gasteiger partial charge in [0, 0.05) is 23.8 Å².